The molecule has 0 aliphatic carbocycles. The quantitative estimate of drug-likeness (QED) is 0.914. The van der Waals surface area contributed by atoms with E-state index < -0.39 is 5.60 Å². The number of β-amino-alcohol motifs (C(OH)–C–C–N with tert-alkyl or cyclic N) is 1. The molecule has 2 saturated heterocycles. The highest BCUT2D eigenvalue weighted by Crippen LogP contribution is 2.30. The zero-order chi connectivity index (χ0) is 15.6. The summed E-state index contributed by atoms with van der Waals surface area (Å²) in [5, 5.41) is 11.8. The van der Waals surface area contributed by atoms with Crippen molar-refractivity contribution < 1.29 is 14.6 Å². The number of hydrogen-bond acceptors (Lipinski definition) is 4. The van der Waals surface area contributed by atoms with Gasteiger partial charge in [-0.25, -0.2) is 0 Å². The average molecular weight is 346 g/mol. The fraction of sp³-hybridized carbons (Fsp3) is 0.625. The molecule has 0 radical (unpaired) electrons. The minimum absolute atomic E-state index is 0.0352. The summed E-state index contributed by atoms with van der Waals surface area (Å²) in [6.45, 7) is 4.17. The third-order valence-electron chi connectivity index (χ3n) is 4.41. The lowest BCUT2D eigenvalue weighted by Crippen LogP contribution is -2.50. The summed E-state index contributed by atoms with van der Waals surface area (Å²) in [5.41, 5.74) is 0.385. The van der Waals surface area contributed by atoms with Gasteiger partial charge in [0.15, 0.2) is 0 Å². The van der Waals surface area contributed by atoms with Crippen molar-refractivity contribution in [3.63, 3.8) is 0 Å². The molecule has 0 aromatic heterocycles. The molecule has 2 heterocycles. The molecule has 2 aliphatic heterocycles. The van der Waals surface area contributed by atoms with Crippen LogP contribution >= 0.6 is 23.2 Å². The van der Waals surface area contributed by atoms with Gasteiger partial charge in [-0.3, -0.25) is 4.90 Å². The predicted octanol–water partition coefficient (Wildman–Crippen LogP) is 2.91. The Labute approximate surface area is 140 Å². The summed E-state index contributed by atoms with van der Waals surface area (Å²) >= 11 is 12.1. The molecule has 0 unspecified atom stereocenters. The van der Waals surface area contributed by atoms with E-state index in [4.69, 9.17) is 32.7 Å². The van der Waals surface area contributed by atoms with Gasteiger partial charge in [0.25, 0.3) is 0 Å². The van der Waals surface area contributed by atoms with Gasteiger partial charge in [-0.05, 0) is 17.7 Å². The Hall–Kier alpha value is -0.360. The van der Waals surface area contributed by atoms with E-state index in [-0.39, 0.29) is 6.10 Å². The van der Waals surface area contributed by atoms with Gasteiger partial charge in [-0.2, -0.15) is 0 Å². The minimum Gasteiger partial charge on any atom is -0.388 e. The van der Waals surface area contributed by atoms with Crippen LogP contribution in [0.4, 0.5) is 0 Å². The van der Waals surface area contributed by atoms with Crippen molar-refractivity contribution in [2.24, 2.45) is 0 Å². The van der Waals surface area contributed by atoms with Crippen molar-refractivity contribution in [1.29, 1.82) is 0 Å². The molecule has 4 nitrogen and oxygen atoms in total. The number of ether oxygens (including phenoxy) is 2. The smallest absolute Gasteiger partial charge is 0.0952 e. The molecular formula is C16H21Cl2NO3. The molecule has 0 saturated carbocycles. The van der Waals surface area contributed by atoms with E-state index in [1.165, 1.54) is 0 Å². The van der Waals surface area contributed by atoms with E-state index in [1.54, 1.807) is 6.07 Å². The largest absolute Gasteiger partial charge is 0.388 e. The zero-order valence-corrected chi connectivity index (χ0v) is 13.9. The summed E-state index contributed by atoms with van der Waals surface area (Å²) in [5.74, 6) is 0. The second-order valence-electron chi connectivity index (χ2n) is 6.10. The van der Waals surface area contributed by atoms with Crippen LogP contribution in [-0.2, 0) is 9.47 Å². The maximum absolute atomic E-state index is 10.7. The fourth-order valence-corrected chi connectivity index (χ4v) is 3.39. The Morgan fingerprint density at radius 3 is 2.68 bits per heavy atom. The monoisotopic (exact) mass is 345 g/mol. The second kappa shape index (κ2) is 7.04. The fourth-order valence-electron chi connectivity index (χ4n) is 3.09. The van der Waals surface area contributed by atoms with Crippen LogP contribution in [0.1, 0.15) is 24.5 Å². The van der Waals surface area contributed by atoms with Gasteiger partial charge in [0.2, 0.25) is 0 Å². The first-order valence-electron chi connectivity index (χ1n) is 7.65. The lowest BCUT2D eigenvalue weighted by atomic mass is 9.93. The molecule has 2 fully saturated rings. The van der Waals surface area contributed by atoms with Gasteiger partial charge in [0.05, 0.1) is 28.4 Å². The number of hydrogen-bond donors (Lipinski definition) is 1. The van der Waals surface area contributed by atoms with Crippen LogP contribution in [-0.4, -0.2) is 55.1 Å². The van der Waals surface area contributed by atoms with Crippen LogP contribution in [0.25, 0.3) is 0 Å². The van der Waals surface area contributed by atoms with E-state index >= 15 is 0 Å². The Balaban J connectivity index is 1.64. The van der Waals surface area contributed by atoms with Crippen molar-refractivity contribution in [2.75, 3.05) is 39.5 Å². The first-order chi connectivity index (χ1) is 10.6. The number of morpholine rings is 1. The Morgan fingerprint density at radius 2 is 1.95 bits per heavy atom. The normalized spacial score (nSPS) is 26.0. The maximum Gasteiger partial charge on any atom is 0.0952 e. The lowest BCUT2D eigenvalue weighted by Gasteiger charge is -2.40. The molecule has 22 heavy (non-hydrogen) atoms. The molecule has 3 rings (SSSR count). The van der Waals surface area contributed by atoms with Crippen LogP contribution in [0.5, 0.6) is 0 Å². The van der Waals surface area contributed by atoms with E-state index in [2.05, 4.69) is 4.90 Å². The summed E-state index contributed by atoms with van der Waals surface area (Å²) in [6.07, 6.45) is 1.36. The van der Waals surface area contributed by atoms with Gasteiger partial charge in [-0.1, -0.05) is 29.3 Å². The molecule has 0 bridgehead atoms. The van der Waals surface area contributed by atoms with Crippen LogP contribution in [0.2, 0.25) is 10.0 Å². The van der Waals surface area contributed by atoms with Gasteiger partial charge in [0.1, 0.15) is 0 Å². The van der Waals surface area contributed by atoms with Gasteiger partial charge in [0, 0.05) is 45.7 Å². The highest BCUT2D eigenvalue weighted by Gasteiger charge is 2.34. The summed E-state index contributed by atoms with van der Waals surface area (Å²) in [4.78, 5) is 2.27. The third kappa shape index (κ3) is 3.94. The van der Waals surface area contributed by atoms with Crippen LogP contribution in [0.15, 0.2) is 18.2 Å². The molecule has 1 aromatic rings. The van der Waals surface area contributed by atoms with Crippen LogP contribution < -0.4 is 0 Å². The standard InChI is InChI=1S/C16H21Cl2NO3/c17-13-2-1-12(9-14(13)18)15-10-19(5-8-22-15)11-16(20)3-6-21-7-4-16/h1-2,9,15,20H,3-8,10-11H2/t15-/m1/s1. The second-order valence-corrected chi connectivity index (χ2v) is 6.92. The molecule has 1 N–H and O–H groups in total. The minimum atomic E-state index is -0.641. The molecule has 0 amide bonds. The van der Waals surface area contributed by atoms with E-state index in [0.29, 0.717) is 49.3 Å². The molecule has 2 aliphatic rings. The van der Waals surface area contributed by atoms with Gasteiger partial charge < -0.3 is 14.6 Å². The van der Waals surface area contributed by atoms with Crippen molar-refractivity contribution in [1.82, 2.24) is 4.90 Å². The Kier molecular flexibility index (Phi) is 5.28. The molecular weight excluding hydrogens is 325 g/mol. The molecule has 122 valence electrons. The number of benzene rings is 1. The molecule has 0 spiro atoms. The van der Waals surface area contributed by atoms with E-state index in [1.807, 2.05) is 12.1 Å². The number of rotatable bonds is 3. The highest BCUT2D eigenvalue weighted by atomic mass is 35.5. The summed E-state index contributed by atoms with van der Waals surface area (Å²) < 4.78 is 11.2. The maximum atomic E-state index is 10.7. The van der Waals surface area contributed by atoms with E-state index in [0.717, 1.165) is 18.7 Å². The Morgan fingerprint density at radius 1 is 1.18 bits per heavy atom. The van der Waals surface area contributed by atoms with Crippen molar-refractivity contribution >= 4 is 23.2 Å². The SMILES string of the molecule is OC1(CN2CCO[C@@H](c3ccc(Cl)c(Cl)c3)C2)CCOCC1. The van der Waals surface area contributed by atoms with Gasteiger partial charge in [-0.15, -0.1) is 0 Å². The summed E-state index contributed by atoms with van der Waals surface area (Å²) in [6, 6.07) is 5.61. The van der Waals surface area contributed by atoms with Crippen LogP contribution in [0.3, 0.4) is 0 Å². The number of nitrogens with zero attached hydrogens (tertiary/aromatic N) is 1. The highest BCUT2D eigenvalue weighted by molar-refractivity contribution is 6.42. The van der Waals surface area contributed by atoms with Crippen molar-refractivity contribution in [2.45, 2.75) is 24.5 Å². The predicted molar refractivity (Wildman–Crippen MR) is 86.6 cm³/mol. The van der Waals surface area contributed by atoms with Gasteiger partial charge >= 0.3 is 0 Å². The van der Waals surface area contributed by atoms with Crippen LogP contribution in [0, 0.1) is 0 Å². The molecule has 1 aromatic carbocycles. The Bertz CT molecular complexity index is 520. The first-order valence-corrected chi connectivity index (χ1v) is 8.40. The summed E-state index contributed by atoms with van der Waals surface area (Å²) in [7, 11) is 0. The lowest BCUT2D eigenvalue weighted by molar-refractivity contribution is -0.103. The number of aliphatic hydroxyl groups is 1. The first kappa shape index (κ1) is 16.5. The molecule has 1 atom stereocenters. The third-order valence-corrected chi connectivity index (χ3v) is 5.15. The van der Waals surface area contributed by atoms with Crippen molar-refractivity contribution in [3.05, 3.63) is 33.8 Å². The average Bonchev–Trinajstić information content (AvgIpc) is 2.50. The zero-order valence-electron chi connectivity index (χ0n) is 12.4. The van der Waals surface area contributed by atoms with Crippen molar-refractivity contribution in [3.8, 4) is 0 Å². The number of halogens is 2. The molecule has 6 heteroatoms. The topological polar surface area (TPSA) is 41.9 Å². The van der Waals surface area contributed by atoms with E-state index in [9.17, 15) is 5.11 Å².